The van der Waals surface area contributed by atoms with E-state index in [1.807, 2.05) is 0 Å². The molecule has 0 aromatic heterocycles. The number of carbonyl (C=O) groups is 3. The second-order valence-corrected chi connectivity index (χ2v) is 21.3. The fourth-order valence-corrected chi connectivity index (χ4v) is 10.4. The van der Waals surface area contributed by atoms with E-state index in [2.05, 4.69) is 25.4 Å². The van der Waals surface area contributed by atoms with Crippen molar-refractivity contribution in [1.29, 1.82) is 0 Å². The molecule has 16 nitrogen and oxygen atoms in total. The zero-order valence-corrected chi connectivity index (χ0v) is 42.8. The van der Waals surface area contributed by atoms with Crippen LogP contribution >= 0.6 is 12.4 Å². The smallest absolute Gasteiger partial charge is 0.444 e. The highest BCUT2D eigenvalue weighted by atomic mass is 35.5. The van der Waals surface area contributed by atoms with Crippen molar-refractivity contribution in [1.82, 2.24) is 29.5 Å². The monoisotopic (exact) mass is 1190 g/mol. The first kappa shape index (κ1) is 64.3. The van der Waals surface area contributed by atoms with Gasteiger partial charge in [-0.3, -0.25) is 9.59 Å². The zero-order valence-electron chi connectivity index (χ0n) is 40.3. The number of rotatable bonds is 12. The van der Waals surface area contributed by atoms with Crippen LogP contribution in [0.3, 0.4) is 0 Å². The Morgan fingerprint density at radius 1 is 0.590 bits per heavy atom. The molecule has 78 heavy (non-hydrogen) atoms. The number of hydrogen-bond acceptors (Lipinski definition) is 11. The summed E-state index contributed by atoms with van der Waals surface area (Å²) in [5.41, 5.74) is -2.99. The van der Waals surface area contributed by atoms with Gasteiger partial charge >= 0.3 is 31.2 Å². The molecule has 2 heterocycles. The molecule has 6 rings (SSSR count). The van der Waals surface area contributed by atoms with Gasteiger partial charge in [0.05, 0.1) is 20.9 Å². The summed E-state index contributed by atoms with van der Waals surface area (Å²) in [6, 6.07) is 7.48. The van der Waals surface area contributed by atoms with Crippen molar-refractivity contribution < 1.29 is 107 Å². The number of sulfonamides is 2. The van der Waals surface area contributed by atoms with Crippen molar-refractivity contribution in [2.45, 2.75) is 86.4 Å². The summed E-state index contributed by atoms with van der Waals surface area (Å²) in [6.07, 6.45) is -20.5. The number of ether oxygens (including phenoxy) is 3. The summed E-state index contributed by atoms with van der Waals surface area (Å²) in [6.45, 7) is 2.72. The van der Waals surface area contributed by atoms with E-state index in [1.54, 1.807) is 20.8 Å². The number of benzene rings is 4. The summed E-state index contributed by atoms with van der Waals surface area (Å²) in [5.74, 6) is -6.64. The molecule has 2 fully saturated rings. The minimum absolute atomic E-state index is 0. The fraction of sp³-hybridized carbons (Fsp3) is 0.400. The minimum Gasteiger partial charge on any atom is -0.444 e. The van der Waals surface area contributed by atoms with Crippen molar-refractivity contribution in [3.63, 3.8) is 0 Å². The van der Waals surface area contributed by atoms with Crippen LogP contribution in [0.5, 0.6) is 11.5 Å². The quantitative estimate of drug-likeness (QED) is 0.116. The standard InChI is InChI=1S/C25H26F7N3O6S.C20H18F7N3O4S.ClH/c1-23(2,3)41-22(37)34-10-11-35(42(38,39)17-7-5-16(6-8-17)24(27,28)29)19(14-34)21(36)33-13-15-4-9-20(18(26)12-15)40-25(30,31)32;21-15-9-12(1-6-17(15)34-20(25,26)27)10-29-18(31)16-11-28-7-8-30(16)35(32,33)14-4-2-13(3-5-14)19(22,23)24;/h4-9,12,19H,10-11,13-14H2,1-3H3,(H,33,36);1-6,9,16,28H,7-8,10-11H2,(H,29,31);1H/t19-;16-;/m11./s1. The maximum atomic E-state index is 14.1. The third kappa shape index (κ3) is 17.6. The average Bonchev–Trinajstić information content (AvgIpc) is 3.32. The van der Waals surface area contributed by atoms with E-state index in [1.165, 1.54) is 0 Å². The number of halogens is 15. The van der Waals surface area contributed by atoms with Crippen molar-refractivity contribution in [3.8, 4) is 11.5 Å². The maximum Gasteiger partial charge on any atom is 0.573 e. The van der Waals surface area contributed by atoms with E-state index < -0.39 is 144 Å². The Bertz CT molecular complexity index is 2980. The summed E-state index contributed by atoms with van der Waals surface area (Å²) < 4.78 is 246. The van der Waals surface area contributed by atoms with Crippen LogP contribution in [0.25, 0.3) is 0 Å². The number of nitrogens with one attached hydrogen (secondary N) is 3. The van der Waals surface area contributed by atoms with Crippen LogP contribution in [0.4, 0.5) is 66.3 Å². The summed E-state index contributed by atoms with van der Waals surface area (Å²) in [4.78, 5) is 38.7. The molecule has 0 aliphatic carbocycles. The molecule has 2 aliphatic rings. The van der Waals surface area contributed by atoms with E-state index in [0.717, 1.165) is 57.7 Å². The lowest BCUT2D eigenvalue weighted by molar-refractivity contribution is -0.276. The third-order valence-electron chi connectivity index (χ3n) is 10.7. The Labute approximate surface area is 441 Å². The number of amides is 3. The Kier molecular flexibility index (Phi) is 20.5. The Balaban J connectivity index is 0.000000337. The first-order chi connectivity index (χ1) is 35.4. The van der Waals surface area contributed by atoms with Gasteiger partial charge in [0.1, 0.15) is 17.7 Å². The Hall–Kier alpha value is -6.22. The number of nitrogens with zero attached hydrogens (tertiary/aromatic N) is 3. The summed E-state index contributed by atoms with van der Waals surface area (Å²) in [5, 5.41) is 7.57. The van der Waals surface area contributed by atoms with Crippen molar-refractivity contribution >= 4 is 50.4 Å². The van der Waals surface area contributed by atoms with E-state index >= 15 is 0 Å². The predicted molar refractivity (Wildman–Crippen MR) is 246 cm³/mol. The topological polar surface area (TPSA) is 193 Å². The summed E-state index contributed by atoms with van der Waals surface area (Å²) >= 11 is 0. The van der Waals surface area contributed by atoms with E-state index in [-0.39, 0.29) is 56.3 Å². The maximum absolute atomic E-state index is 14.1. The van der Waals surface area contributed by atoms with E-state index in [9.17, 15) is 92.7 Å². The summed E-state index contributed by atoms with van der Waals surface area (Å²) in [7, 11) is -8.92. The van der Waals surface area contributed by atoms with Gasteiger partial charge in [-0.25, -0.2) is 30.4 Å². The lowest BCUT2D eigenvalue weighted by atomic mass is 10.1. The van der Waals surface area contributed by atoms with Gasteiger partial charge in [-0.1, -0.05) is 12.1 Å². The predicted octanol–water partition coefficient (Wildman–Crippen LogP) is 8.11. The zero-order chi connectivity index (χ0) is 57.7. The molecule has 2 atom stereocenters. The molecule has 2 aliphatic heterocycles. The minimum atomic E-state index is -5.14. The molecule has 0 unspecified atom stereocenters. The molecule has 33 heteroatoms. The normalized spacial score (nSPS) is 17.2. The molecule has 0 spiro atoms. The Morgan fingerprint density at radius 2 is 0.987 bits per heavy atom. The van der Waals surface area contributed by atoms with E-state index in [0.29, 0.717) is 40.7 Å². The lowest BCUT2D eigenvalue weighted by Crippen LogP contribution is -2.61. The molecule has 432 valence electrons. The van der Waals surface area contributed by atoms with Gasteiger partial charge < -0.3 is 35.1 Å². The Morgan fingerprint density at radius 3 is 1.36 bits per heavy atom. The van der Waals surface area contributed by atoms with Crippen LogP contribution in [-0.4, -0.2) is 118 Å². The van der Waals surface area contributed by atoms with Crippen LogP contribution in [0.2, 0.25) is 0 Å². The number of alkyl halides is 12. The van der Waals surface area contributed by atoms with Crippen molar-refractivity contribution in [3.05, 3.63) is 119 Å². The van der Waals surface area contributed by atoms with Gasteiger partial charge in [-0.15, -0.1) is 38.7 Å². The number of carbonyl (C=O) groups excluding carboxylic acids is 3. The molecule has 3 N–H and O–H groups in total. The molecule has 0 bridgehead atoms. The van der Waals surface area contributed by atoms with Gasteiger partial charge in [-0.05, 0) is 105 Å². The molecule has 3 amide bonds. The van der Waals surface area contributed by atoms with Crippen LogP contribution < -0.4 is 25.4 Å². The van der Waals surface area contributed by atoms with Crippen LogP contribution in [0, 0.1) is 11.6 Å². The van der Waals surface area contributed by atoms with Crippen molar-refractivity contribution in [2.75, 3.05) is 39.3 Å². The third-order valence-corrected chi connectivity index (χ3v) is 14.6. The largest absolute Gasteiger partial charge is 0.573 e. The second-order valence-electron chi connectivity index (χ2n) is 17.5. The average molecular weight is 1200 g/mol. The highest BCUT2D eigenvalue weighted by Gasteiger charge is 2.44. The van der Waals surface area contributed by atoms with E-state index in [4.69, 9.17) is 4.74 Å². The number of hydrogen-bond donors (Lipinski definition) is 3. The molecule has 2 saturated heterocycles. The van der Waals surface area contributed by atoms with Gasteiger partial charge in [0.25, 0.3) is 0 Å². The molecule has 0 saturated carbocycles. The molecule has 4 aromatic carbocycles. The molecule has 4 aromatic rings. The lowest BCUT2D eigenvalue weighted by Gasteiger charge is -2.39. The highest BCUT2D eigenvalue weighted by Crippen LogP contribution is 2.33. The van der Waals surface area contributed by atoms with Gasteiger partial charge in [0.2, 0.25) is 31.9 Å². The first-order valence-corrected chi connectivity index (χ1v) is 24.9. The van der Waals surface area contributed by atoms with Gasteiger partial charge in [-0.2, -0.15) is 35.0 Å². The fourth-order valence-electron chi connectivity index (χ4n) is 7.20. The SMILES string of the molecule is CC(C)(C)OC(=O)N1CCN(S(=O)(=O)c2ccc(C(F)(F)F)cc2)[C@@H](C(=O)NCc2ccc(OC(F)(F)F)c(F)c2)C1.Cl.O=C(NCc1ccc(OC(F)(F)F)c(F)c1)[C@H]1CNCCN1S(=O)(=O)c1ccc(C(F)(F)F)cc1. The number of piperazine rings is 2. The van der Waals surface area contributed by atoms with Crippen molar-refractivity contribution in [2.24, 2.45) is 0 Å². The first-order valence-electron chi connectivity index (χ1n) is 22.1. The van der Waals surface area contributed by atoms with Crippen LogP contribution in [0.15, 0.2) is 94.7 Å². The van der Waals surface area contributed by atoms with Crippen LogP contribution in [-0.2, 0) is 59.8 Å². The molecule has 0 radical (unpaired) electrons. The van der Waals surface area contributed by atoms with Gasteiger partial charge in [0.15, 0.2) is 23.1 Å². The second kappa shape index (κ2) is 24.8. The molecular formula is C45H45ClF14N6O10S2. The van der Waals surface area contributed by atoms with Gasteiger partial charge in [0, 0.05) is 52.4 Å². The molecular weight excluding hydrogens is 1150 g/mol. The highest BCUT2D eigenvalue weighted by molar-refractivity contribution is 7.89. The van der Waals surface area contributed by atoms with Crippen LogP contribution in [0.1, 0.15) is 43.0 Å².